The van der Waals surface area contributed by atoms with Gasteiger partial charge in [0, 0.05) is 12.1 Å². The summed E-state index contributed by atoms with van der Waals surface area (Å²) < 4.78 is 41.4. The summed E-state index contributed by atoms with van der Waals surface area (Å²) in [5.41, 5.74) is 3.95. The van der Waals surface area contributed by atoms with E-state index in [2.05, 4.69) is 20.4 Å². The zero-order valence-electron chi connectivity index (χ0n) is 14.5. The van der Waals surface area contributed by atoms with Gasteiger partial charge in [0.2, 0.25) is 4.96 Å². The number of alkyl halides is 3. The summed E-state index contributed by atoms with van der Waals surface area (Å²) in [6.07, 6.45) is -3.43. The number of hydrogen-bond acceptors (Lipinski definition) is 5. The fourth-order valence-corrected chi connectivity index (χ4v) is 3.86. The van der Waals surface area contributed by atoms with E-state index in [1.807, 2.05) is 48.9 Å². The van der Waals surface area contributed by atoms with Crippen LogP contribution in [0.1, 0.15) is 27.8 Å². The molecule has 6 nitrogen and oxygen atoms in total. The Morgan fingerprint density at radius 2 is 1.74 bits per heavy atom. The van der Waals surface area contributed by atoms with Crippen LogP contribution in [0.25, 0.3) is 10.6 Å². The molecule has 1 aromatic carbocycles. The van der Waals surface area contributed by atoms with Crippen molar-refractivity contribution in [1.29, 1.82) is 0 Å². The Labute approximate surface area is 156 Å². The molecule has 0 atom stereocenters. The van der Waals surface area contributed by atoms with Gasteiger partial charge in [-0.3, -0.25) is 0 Å². The summed E-state index contributed by atoms with van der Waals surface area (Å²) in [6.45, 7) is 3.92. The highest BCUT2D eigenvalue weighted by Gasteiger charge is 2.38. The highest BCUT2D eigenvalue weighted by atomic mass is 32.1. The zero-order valence-corrected chi connectivity index (χ0v) is 15.3. The van der Waals surface area contributed by atoms with Crippen LogP contribution in [0.15, 0.2) is 30.3 Å². The number of nitrogens with zero attached hydrogens (tertiary/aromatic N) is 6. The quantitative estimate of drug-likeness (QED) is 0.530. The van der Waals surface area contributed by atoms with Crippen molar-refractivity contribution >= 4 is 16.3 Å². The van der Waals surface area contributed by atoms with Gasteiger partial charge in [-0.1, -0.05) is 29.5 Å². The predicted molar refractivity (Wildman–Crippen MR) is 94.1 cm³/mol. The highest BCUT2D eigenvalue weighted by molar-refractivity contribution is 7.16. The Morgan fingerprint density at radius 3 is 2.44 bits per heavy atom. The molecule has 27 heavy (non-hydrogen) atoms. The number of halogens is 3. The molecule has 0 spiro atoms. The third kappa shape index (κ3) is 3.20. The lowest BCUT2D eigenvalue weighted by molar-refractivity contribution is -0.146. The largest absolute Gasteiger partial charge is 0.453 e. The van der Waals surface area contributed by atoms with E-state index in [4.69, 9.17) is 0 Å². The molecule has 0 aliphatic heterocycles. The lowest BCUT2D eigenvalue weighted by atomic mass is 10.1. The van der Waals surface area contributed by atoms with E-state index in [0.29, 0.717) is 17.8 Å². The molecule has 0 aliphatic carbocycles. The van der Waals surface area contributed by atoms with Crippen LogP contribution in [0.2, 0.25) is 0 Å². The first-order chi connectivity index (χ1) is 12.8. The number of hydrogen-bond donors (Lipinski definition) is 0. The summed E-state index contributed by atoms with van der Waals surface area (Å²) in [5, 5.41) is 16.0. The van der Waals surface area contributed by atoms with Crippen molar-refractivity contribution in [2.45, 2.75) is 32.9 Å². The van der Waals surface area contributed by atoms with Crippen molar-refractivity contribution in [3.63, 3.8) is 0 Å². The molecule has 0 amide bonds. The number of fused-ring (bicyclic) bond motifs is 1. The lowest BCUT2D eigenvalue weighted by Crippen LogP contribution is -2.11. The average molecular weight is 392 g/mol. The first-order valence-corrected chi connectivity index (χ1v) is 9.05. The van der Waals surface area contributed by atoms with Crippen LogP contribution in [0.5, 0.6) is 0 Å². The fraction of sp³-hybridized carbons (Fsp3) is 0.294. The van der Waals surface area contributed by atoms with Crippen molar-refractivity contribution in [1.82, 2.24) is 29.6 Å². The first-order valence-electron chi connectivity index (χ1n) is 8.23. The van der Waals surface area contributed by atoms with E-state index in [1.54, 1.807) is 0 Å². The topological polar surface area (TPSA) is 60.9 Å². The minimum absolute atomic E-state index is 0.144. The Hall–Kier alpha value is -2.75. The molecular weight excluding hydrogens is 377 g/mol. The summed E-state index contributed by atoms with van der Waals surface area (Å²) in [5.74, 6) is -1.09. The molecule has 0 aliphatic rings. The Morgan fingerprint density at radius 1 is 1.00 bits per heavy atom. The minimum atomic E-state index is -4.57. The van der Waals surface area contributed by atoms with Crippen molar-refractivity contribution in [2.24, 2.45) is 0 Å². The van der Waals surface area contributed by atoms with Gasteiger partial charge in [-0.05, 0) is 38.0 Å². The SMILES string of the molecule is Cc1nn(-c2ccccc2)c(C)c1CCc1nn2c(C(F)(F)F)nnc2s1. The molecule has 140 valence electrons. The van der Waals surface area contributed by atoms with Crippen molar-refractivity contribution in [3.8, 4) is 5.69 Å². The van der Waals surface area contributed by atoms with Crippen LogP contribution in [-0.4, -0.2) is 29.6 Å². The monoisotopic (exact) mass is 392 g/mol. The maximum Gasteiger partial charge on any atom is 0.453 e. The van der Waals surface area contributed by atoms with E-state index in [-0.39, 0.29) is 4.96 Å². The van der Waals surface area contributed by atoms with Gasteiger partial charge in [-0.25, -0.2) is 4.68 Å². The molecule has 0 saturated heterocycles. The Kier molecular flexibility index (Phi) is 4.22. The van der Waals surface area contributed by atoms with Crippen molar-refractivity contribution < 1.29 is 13.2 Å². The molecule has 0 bridgehead atoms. The van der Waals surface area contributed by atoms with E-state index in [1.165, 1.54) is 0 Å². The molecule has 0 unspecified atom stereocenters. The van der Waals surface area contributed by atoms with Gasteiger partial charge < -0.3 is 0 Å². The molecule has 0 radical (unpaired) electrons. The van der Waals surface area contributed by atoms with Gasteiger partial charge in [0.05, 0.1) is 11.4 Å². The van der Waals surface area contributed by atoms with Gasteiger partial charge in [0.25, 0.3) is 5.82 Å². The van der Waals surface area contributed by atoms with Crippen LogP contribution in [0, 0.1) is 13.8 Å². The van der Waals surface area contributed by atoms with Crippen molar-refractivity contribution in [2.75, 3.05) is 0 Å². The van der Waals surface area contributed by atoms with Crippen LogP contribution in [0.4, 0.5) is 13.2 Å². The van der Waals surface area contributed by atoms with Crippen LogP contribution < -0.4 is 0 Å². The summed E-state index contributed by atoms with van der Waals surface area (Å²) >= 11 is 1.12. The summed E-state index contributed by atoms with van der Waals surface area (Å²) in [7, 11) is 0. The zero-order chi connectivity index (χ0) is 19.2. The maximum atomic E-state index is 12.9. The van der Waals surface area contributed by atoms with Gasteiger partial charge in [-0.2, -0.15) is 27.9 Å². The summed E-state index contributed by atoms with van der Waals surface area (Å²) in [6, 6.07) is 9.79. The number of benzene rings is 1. The van der Waals surface area contributed by atoms with E-state index >= 15 is 0 Å². The smallest absolute Gasteiger partial charge is 0.238 e. The lowest BCUT2D eigenvalue weighted by Gasteiger charge is -2.05. The predicted octanol–water partition coefficient (Wildman–Crippen LogP) is 3.79. The Balaban J connectivity index is 1.58. The second kappa shape index (κ2) is 6.45. The molecule has 4 aromatic rings. The third-order valence-electron chi connectivity index (χ3n) is 4.32. The molecule has 0 saturated carbocycles. The molecular formula is C17H15F3N6S. The van der Waals surface area contributed by atoms with Crippen LogP contribution >= 0.6 is 11.3 Å². The maximum absolute atomic E-state index is 12.9. The second-order valence-corrected chi connectivity index (χ2v) is 7.15. The van der Waals surface area contributed by atoms with Gasteiger partial charge in [-0.15, -0.1) is 10.2 Å². The number of para-hydroxylation sites is 1. The average Bonchev–Trinajstić information content (AvgIpc) is 3.26. The second-order valence-electron chi connectivity index (χ2n) is 6.11. The normalized spacial score (nSPS) is 12.2. The number of rotatable bonds is 4. The molecule has 3 heterocycles. The molecule has 3 aromatic heterocycles. The Bertz CT molecular complexity index is 1090. The minimum Gasteiger partial charge on any atom is -0.238 e. The van der Waals surface area contributed by atoms with Gasteiger partial charge in [0.1, 0.15) is 5.01 Å². The van der Waals surface area contributed by atoms with E-state index < -0.39 is 12.0 Å². The standard InChI is InChI=1S/C17H15F3N6S/c1-10-13(11(2)25(23-10)12-6-4-3-5-7-12)8-9-14-24-26-15(17(18,19)20)21-22-16(26)27-14/h3-7H,8-9H2,1-2H3. The molecule has 0 fully saturated rings. The van der Waals surface area contributed by atoms with Crippen molar-refractivity contribution in [3.05, 3.63) is 58.1 Å². The highest BCUT2D eigenvalue weighted by Crippen LogP contribution is 2.29. The molecule has 0 N–H and O–H groups in total. The summed E-state index contributed by atoms with van der Waals surface area (Å²) in [4.78, 5) is 0.144. The van der Waals surface area contributed by atoms with E-state index in [9.17, 15) is 13.2 Å². The first kappa shape index (κ1) is 17.7. The number of aryl methyl sites for hydroxylation is 2. The van der Waals surface area contributed by atoms with Crippen LogP contribution in [-0.2, 0) is 19.0 Å². The number of aromatic nitrogens is 6. The fourth-order valence-electron chi connectivity index (χ4n) is 3.02. The molecule has 4 rings (SSSR count). The van der Waals surface area contributed by atoms with E-state index in [0.717, 1.165) is 38.5 Å². The van der Waals surface area contributed by atoms with Crippen LogP contribution in [0.3, 0.4) is 0 Å². The van der Waals surface area contributed by atoms with Gasteiger partial charge >= 0.3 is 6.18 Å². The third-order valence-corrected chi connectivity index (χ3v) is 5.28. The van der Waals surface area contributed by atoms with Gasteiger partial charge in [0.15, 0.2) is 0 Å². The molecule has 10 heteroatoms.